The van der Waals surface area contributed by atoms with E-state index >= 15 is 0 Å². The van der Waals surface area contributed by atoms with Gasteiger partial charge in [-0.2, -0.15) is 0 Å². The Morgan fingerprint density at radius 1 is 1.37 bits per heavy atom. The standard InChI is InChI=1S/C20H19ClN2O2S2/c1-26-14-8-9-17-18(11-14)27-20(22-17)23(12-13-5-4-10-25-13)19(24)15-6-2-3-7-16(15)21/h2-3,6-9,11,13H,4-5,10,12H2,1H3/t13-/m1/s1. The van der Waals surface area contributed by atoms with Crippen molar-refractivity contribution in [3.05, 3.63) is 53.1 Å². The Morgan fingerprint density at radius 2 is 2.22 bits per heavy atom. The van der Waals surface area contributed by atoms with Gasteiger partial charge in [-0.25, -0.2) is 4.98 Å². The number of benzene rings is 2. The maximum absolute atomic E-state index is 13.3. The van der Waals surface area contributed by atoms with E-state index in [2.05, 4.69) is 12.1 Å². The maximum Gasteiger partial charge on any atom is 0.261 e. The molecule has 1 aliphatic heterocycles. The molecule has 1 aromatic heterocycles. The van der Waals surface area contributed by atoms with Gasteiger partial charge in [-0.1, -0.05) is 35.1 Å². The highest BCUT2D eigenvalue weighted by Crippen LogP contribution is 2.33. The smallest absolute Gasteiger partial charge is 0.261 e. The molecule has 2 aromatic carbocycles. The predicted octanol–water partition coefficient (Wildman–Crippen LogP) is 5.50. The van der Waals surface area contributed by atoms with Gasteiger partial charge in [-0.15, -0.1) is 11.8 Å². The first-order valence-electron chi connectivity index (χ1n) is 8.78. The van der Waals surface area contributed by atoms with E-state index in [0.29, 0.717) is 22.3 Å². The van der Waals surface area contributed by atoms with Crippen LogP contribution in [0.5, 0.6) is 0 Å². The Morgan fingerprint density at radius 3 is 2.96 bits per heavy atom. The molecule has 0 bridgehead atoms. The van der Waals surface area contributed by atoms with Crippen LogP contribution >= 0.6 is 34.7 Å². The number of carbonyl (C=O) groups excluding carboxylic acids is 1. The van der Waals surface area contributed by atoms with Crippen molar-refractivity contribution in [1.82, 2.24) is 4.98 Å². The van der Waals surface area contributed by atoms with Gasteiger partial charge in [0.05, 0.1) is 33.5 Å². The van der Waals surface area contributed by atoms with Crippen molar-refractivity contribution in [2.75, 3.05) is 24.3 Å². The van der Waals surface area contributed by atoms with Gasteiger partial charge in [0.25, 0.3) is 5.91 Å². The van der Waals surface area contributed by atoms with Crippen LogP contribution in [-0.4, -0.2) is 36.4 Å². The highest BCUT2D eigenvalue weighted by Gasteiger charge is 2.28. The number of thiazole rings is 1. The number of nitrogens with zero attached hydrogens (tertiary/aromatic N) is 2. The number of thioether (sulfide) groups is 1. The van der Waals surface area contributed by atoms with E-state index in [1.807, 2.05) is 24.5 Å². The van der Waals surface area contributed by atoms with E-state index in [-0.39, 0.29) is 12.0 Å². The molecule has 4 rings (SSSR count). The van der Waals surface area contributed by atoms with Crippen LogP contribution < -0.4 is 4.90 Å². The zero-order valence-corrected chi connectivity index (χ0v) is 17.2. The molecule has 3 aromatic rings. The second-order valence-electron chi connectivity index (χ2n) is 6.36. The second kappa shape index (κ2) is 8.19. The molecule has 0 N–H and O–H groups in total. The molecule has 0 saturated carbocycles. The molecule has 0 radical (unpaired) electrons. The Kier molecular flexibility index (Phi) is 5.68. The topological polar surface area (TPSA) is 42.4 Å². The second-order valence-corrected chi connectivity index (χ2v) is 8.66. The van der Waals surface area contributed by atoms with Crippen molar-refractivity contribution in [2.24, 2.45) is 0 Å². The van der Waals surface area contributed by atoms with E-state index < -0.39 is 0 Å². The number of amides is 1. The first kappa shape index (κ1) is 18.7. The fourth-order valence-corrected chi connectivity index (χ4v) is 4.90. The van der Waals surface area contributed by atoms with Crippen LogP contribution in [0.25, 0.3) is 10.2 Å². The number of carbonyl (C=O) groups is 1. The molecular formula is C20H19ClN2O2S2. The van der Waals surface area contributed by atoms with Crippen molar-refractivity contribution in [1.29, 1.82) is 0 Å². The molecule has 140 valence electrons. The van der Waals surface area contributed by atoms with Crippen LogP contribution in [0.1, 0.15) is 23.2 Å². The third-order valence-corrected chi connectivity index (χ3v) is 6.67. The fourth-order valence-electron chi connectivity index (χ4n) is 3.16. The number of anilines is 1. The number of halogens is 1. The number of hydrogen-bond donors (Lipinski definition) is 0. The largest absolute Gasteiger partial charge is 0.376 e. The number of hydrogen-bond acceptors (Lipinski definition) is 5. The van der Waals surface area contributed by atoms with Crippen LogP contribution in [0.3, 0.4) is 0 Å². The minimum atomic E-state index is -0.139. The molecule has 1 atom stereocenters. The van der Waals surface area contributed by atoms with E-state index in [1.165, 1.54) is 16.2 Å². The summed E-state index contributed by atoms with van der Waals surface area (Å²) in [6.45, 7) is 1.23. The summed E-state index contributed by atoms with van der Waals surface area (Å²) in [5.41, 5.74) is 1.39. The van der Waals surface area contributed by atoms with Crippen molar-refractivity contribution in [3.8, 4) is 0 Å². The number of fused-ring (bicyclic) bond motifs is 1. The lowest BCUT2D eigenvalue weighted by Crippen LogP contribution is -2.37. The van der Waals surface area contributed by atoms with Gasteiger partial charge in [0, 0.05) is 11.5 Å². The minimum Gasteiger partial charge on any atom is -0.376 e. The molecule has 4 nitrogen and oxygen atoms in total. The van der Waals surface area contributed by atoms with Crippen molar-refractivity contribution in [2.45, 2.75) is 23.8 Å². The molecular weight excluding hydrogens is 400 g/mol. The average Bonchev–Trinajstić information content (AvgIpc) is 3.34. The number of rotatable bonds is 5. The molecule has 1 fully saturated rings. The molecule has 1 amide bonds. The fraction of sp³-hybridized carbons (Fsp3) is 0.300. The van der Waals surface area contributed by atoms with E-state index in [0.717, 1.165) is 29.7 Å². The van der Waals surface area contributed by atoms with Crippen molar-refractivity contribution >= 4 is 56.0 Å². The molecule has 7 heteroatoms. The predicted molar refractivity (Wildman–Crippen MR) is 114 cm³/mol. The summed E-state index contributed by atoms with van der Waals surface area (Å²) >= 11 is 9.51. The molecule has 0 spiro atoms. The van der Waals surface area contributed by atoms with Crippen LogP contribution in [-0.2, 0) is 4.74 Å². The minimum absolute atomic E-state index is 0.0326. The quantitative estimate of drug-likeness (QED) is 0.513. The summed E-state index contributed by atoms with van der Waals surface area (Å²) in [4.78, 5) is 20.9. The molecule has 1 aliphatic rings. The normalized spacial score (nSPS) is 16.7. The van der Waals surface area contributed by atoms with Crippen molar-refractivity contribution < 1.29 is 9.53 Å². The number of aromatic nitrogens is 1. The summed E-state index contributed by atoms with van der Waals surface area (Å²) in [6.07, 6.45) is 4.06. The SMILES string of the molecule is CSc1ccc2nc(N(C[C@H]3CCCO3)C(=O)c3ccccc3Cl)sc2c1. The maximum atomic E-state index is 13.3. The van der Waals surface area contributed by atoms with Gasteiger partial charge in [-0.3, -0.25) is 9.69 Å². The van der Waals surface area contributed by atoms with Gasteiger partial charge in [-0.05, 0) is 49.4 Å². The van der Waals surface area contributed by atoms with Gasteiger partial charge < -0.3 is 4.74 Å². The molecule has 27 heavy (non-hydrogen) atoms. The van der Waals surface area contributed by atoms with Gasteiger partial charge >= 0.3 is 0 Å². The molecule has 2 heterocycles. The summed E-state index contributed by atoms with van der Waals surface area (Å²) in [7, 11) is 0. The zero-order valence-electron chi connectivity index (χ0n) is 14.9. The highest BCUT2D eigenvalue weighted by molar-refractivity contribution is 7.98. The van der Waals surface area contributed by atoms with E-state index in [9.17, 15) is 4.79 Å². The van der Waals surface area contributed by atoms with Gasteiger partial charge in [0.2, 0.25) is 0 Å². The van der Waals surface area contributed by atoms with Gasteiger partial charge in [0.15, 0.2) is 5.13 Å². The Labute approximate surface area is 171 Å². The summed E-state index contributed by atoms with van der Waals surface area (Å²) < 4.78 is 6.85. The zero-order chi connectivity index (χ0) is 18.8. The third kappa shape index (κ3) is 3.99. The van der Waals surface area contributed by atoms with Crippen LogP contribution in [0.4, 0.5) is 5.13 Å². The lowest BCUT2D eigenvalue weighted by Gasteiger charge is -2.23. The van der Waals surface area contributed by atoms with Crippen molar-refractivity contribution in [3.63, 3.8) is 0 Å². The molecule has 0 unspecified atom stereocenters. The first-order chi connectivity index (χ1) is 13.2. The first-order valence-corrected chi connectivity index (χ1v) is 11.2. The number of ether oxygens (including phenoxy) is 1. The molecule has 0 aliphatic carbocycles. The summed E-state index contributed by atoms with van der Waals surface area (Å²) in [5.74, 6) is -0.139. The Balaban J connectivity index is 1.73. The lowest BCUT2D eigenvalue weighted by atomic mass is 10.1. The van der Waals surface area contributed by atoms with Crippen LogP contribution in [0.2, 0.25) is 5.02 Å². The highest BCUT2D eigenvalue weighted by atomic mass is 35.5. The molecule has 1 saturated heterocycles. The van der Waals surface area contributed by atoms with Gasteiger partial charge in [0.1, 0.15) is 0 Å². The summed E-state index contributed by atoms with van der Waals surface area (Å²) in [5, 5.41) is 1.13. The van der Waals surface area contributed by atoms with Crippen LogP contribution in [0.15, 0.2) is 47.4 Å². The Hall–Kier alpha value is -1.60. The van der Waals surface area contributed by atoms with E-state index in [4.69, 9.17) is 21.3 Å². The monoisotopic (exact) mass is 418 g/mol. The summed E-state index contributed by atoms with van der Waals surface area (Å²) in [6, 6.07) is 13.3. The Bertz CT molecular complexity index is 970. The van der Waals surface area contributed by atoms with Crippen LogP contribution in [0, 0.1) is 0 Å². The third-order valence-electron chi connectivity index (χ3n) is 4.57. The lowest BCUT2D eigenvalue weighted by molar-refractivity contribution is 0.0917. The average molecular weight is 419 g/mol. The van der Waals surface area contributed by atoms with E-state index in [1.54, 1.807) is 28.8 Å².